The maximum Gasteiger partial charge on any atom is 0.273 e. The number of benzene rings is 4. The van der Waals surface area contributed by atoms with Gasteiger partial charge in [0.15, 0.2) is 23.0 Å². The van der Waals surface area contributed by atoms with Gasteiger partial charge in [0.05, 0.1) is 52.1 Å². The molecule has 4 aromatic carbocycles. The summed E-state index contributed by atoms with van der Waals surface area (Å²) in [6, 6.07) is 24.4. The Hall–Kier alpha value is -5.84. The topological polar surface area (TPSA) is 132 Å². The third kappa shape index (κ3) is 7.88. The molecule has 0 saturated carbocycles. The summed E-state index contributed by atoms with van der Waals surface area (Å²) in [7, 11) is 6.21. The van der Waals surface area contributed by atoms with Gasteiger partial charge in [-0.15, -0.1) is 0 Å². The summed E-state index contributed by atoms with van der Waals surface area (Å²) in [5.41, 5.74) is 8.55. The molecule has 0 unspecified atom stereocenters. The standard InChI is InChI=1S/C32H31N5O6/c1-40-27-15-9-21(17-29(27)42-3)19-33-36-31(38)23-11-13-24(14-12-23)35-26-8-6-5-7-25(26)32(39)37-34-20-22-10-16-28(41-2)30(18-22)43-4/h5-20,35H,1-4H3,(H,36,38)(H,37,39)/b33-19+,34-20+. The number of carbonyl (C=O) groups is 2. The van der Waals surface area contributed by atoms with E-state index in [1.807, 2.05) is 6.07 Å². The van der Waals surface area contributed by atoms with Crippen LogP contribution < -0.4 is 35.1 Å². The number of nitrogens with one attached hydrogen (secondary N) is 3. The molecule has 0 aromatic heterocycles. The van der Waals surface area contributed by atoms with Crippen LogP contribution in [0.15, 0.2) is 95.1 Å². The number of methoxy groups -OCH3 is 4. The summed E-state index contributed by atoms with van der Waals surface area (Å²) in [5.74, 6) is 1.52. The molecule has 11 nitrogen and oxygen atoms in total. The van der Waals surface area contributed by atoms with Crippen LogP contribution in [0, 0.1) is 0 Å². The minimum absolute atomic E-state index is 0.379. The molecule has 4 aromatic rings. The molecule has 43 heavy (non-hydrogen) atoms. The first-order chi connectivity index (χ1) is 20.9. The fourth-order valence-corrected chi connectivity index (χ4v) is 3.97. The summed E-state index contributed by atoms with van der Waals surface area (Å²) in [4.78, 5) is 25.5. The fraction of sp³-hybridized carbons (Fsp3) is 0.125. The van der Waals surface area contributed by atoms with Crippen molar-refractivity contribution in [3.8, 4) is 23.0 Å². The van der Waals surface area contributed by atoms with Gasteiger partial charge in [-0.2, -0.15) is 10.2 Å². The van der Waals surface area contributed by atoms with Crippen LogP contribution in [0.2, 0.25) is 0 Å². The Labute approximate surface area is 249 Å². The van der Waals surface area contributed by atoms with Gasteiger partial charge in [0.25, 0.3) is 11.8 Å². The van der Waals surface area contributed by atoms with E-state index in [0.717, 1.165) is 11.1 Å². The Kier molecular flexibility index (Phi) is 10.3. The summed E-state index contributed by atoms with van der Waals surface area (Å²) < 4.78 is 21.0. The number of hydrazone groups is 2. The first-order valence-corrected chi connectivity index (χ1v) is 13.0. The molecule has 11 heteroatoms. The third-order valence-electron chi connectivity index (χ3n) is 6.17. The number of para-hydroxylation sites is 1. The highest BCUT2D eigenvalue weighted by Crippen LogP contribution is 2.28. The van der Waals surface area contributed by atoms with Gasteiger partial charge in [-0.3, -0.25) is 9.59 Å². The van der Waals surface area contributed by atoms with Gasteiger partial charge in [0, 0.05) is 11.3 Å². The second-order valence-corrected chi connectivity index (χ2v) is 8.88. The van der Waals surface area contributed by atoms with Crippen molar-refractivity contribution in [2.45, 2.75) is 0 Å². The van der Waals surface area contributed by atoms with Crippen LogP contribution in [0.25, 0.3) is 0 Å². The van der Waals surface area contributed by atoms with Gasteiger partial charge < -0.3 is 24.3 Å². The predicted molar refractivity (Wildman–Crippen MR) is 165 cm³/mol. The number of nitrogens with zero attached hydrogens (tertiary/aromatic N) is 2. The van der Waals surface area contributed by atoms with Crippen molar-refractivity contribution < 1.29 is 28.5 Å². The van der Waals surface area contributed by atoms with Crippen molar-refractivity contribution in [1.82, 2.24) is 10.9 Å². The Morgan fingerprint density at radius 1 is 0.605 bits per heavy atom. The molecule has 0 aliphatic heterocycles. The van der Waals surface area contributed by atoms with Crippen LogP contribution in [0.1, 0.15) is 31.8 Å². The Bertz CT molecular complexity index is 1640. The van der Waals surface area contributed by atoms with E-state index in [1.165, 1.54) is 12.4 Å². The van der Waals surface area contributed by atoms with Gasteiger partial charge >= 0.3 is 0 Å². The van der Waals surface area contributed by atoms with Crippen LogP contribution in [-0.2, 0) is 0 Å². The highest BCUT2D eigenvalue weighted by molar-refractivity contribution is 6.01. The first-order valence-electron chi connectivity index (χ1n) is 13.0. The number of ether oxygens (including phenoxy) is 4. The minimum Gasteiger partial charge on any atom is -0.493 e. The predicted octanol–water partition coefficient (Wildman–Crippen LogP) is 4.99. The van der Waals surface area contributed by atoms with E-state index >= 15 is 0 Å². The lowest BCUT2D eigenvalue weighted by atomic mass is 10.1. The molecule has 0 aliphatic rings. The monoisotopic (exact) mass is 581 g/mol. The molecule has 3 N–H and O–H groups in total. The quantitative estimate of drug-likeness (QED) is 0.159. The molecule has 4 rings (SSSR count). The number of hydrogen-bond donors (Lipinski definition) is 3. The molecule has 0 heterocycles. The summed E-state index contributed by atoms with van der Waals surface area (Å²) in [6.07, 6.45) is 3.02. The number of hydrogen-bond acceptors (Lipinski definition) is 9. The Balaban J connectivity index is 1.36. The van der Waals surface area contributed by atoms with Crippen molar-refractivity contribution in [3.05, 3.63) is 107 Å². The van der Waals surface area contributed by atoms with Crippen molar-refractivity contribution in [3.63, 3.8) is 0 Å². The molecular formula is C32H31N5O6. The lowest BCUT2D eigenvalue weighted by molar-refractivity contribution is 0.0947. The van der Waals surface area contributed by atoms with E-state index in [2.05, 4.69) is 26.4 Å². The smallest absolute Gasteiger partial charge is 0.273 e. The molecule has 0 fully saturated rings. The molecular weight excluding hydrogens is 550 g/mol. The zero-order valence-corrected chi connectivity index (χ0v) is 24.1. The lowest BCUT2D eigenvalue weighted by Crippen LogP contribution is -2.19. The molecule has 0 aliphatic carbocycles. The SMILES string of the molecule is COc1ccc(/C=N/NC(=O)c2ccc(Nc3ccccc3C(=O)N/N=C/c3ccc(OC)c(OC)c3)cc2)cc1OC. The molecule has 0 saturated heterocycles. The zero-order chi connectivity index (χ0) is 30.6. The summed E-state index contributed by atoms with van der Waals surface area (Å²) in [6.45, 7) is 0. The second kappa shape index (κ2) is 14.7. The van der Waals surface area contributed by atoms with Crippen LogP contribution in [0.5, 0.6) is 23.0 Å². The average molecular weight is 582 g/mol. The van der Waals surface area contributed by atoms with E-state index in [0.29, 0.717) is 45.5 Å². The van der Waals surface area contributed by atoms with Crippen molar-refractivity contribution >= 4 is 35.6 Å². The largest absolute Gasteiger partial charge is 0.493 e. The van der Waals surface area contributed by atoms with Gasteiger partial charge in [-0.25, -0.2) is 10.9 Å². The molecule has 0 bridgehead atoms. The van der Waals surface area contributed by atoms with E-state index in [-0.39, 0.29) is 5.91 Å². The number of anilines is 2. The minimum atomic E-state index is -0.400. The van der Waals surface area contributed by atoms with Gasteiger partial charge in [-0.05, 0) is 83.9 Å². The maximum atomic E-state index is 12.9. The summed E-state index contributed by atoms with van der Waals surface area (Å²) >= 11 is 0. The van der Waals surface area contributed by atoms with E-state index in [1.54, 1.807) is 107 Å². The molecule has 0 spiro atoms. The normalized spacial score (nSPS) is 10.8. The highest BCUT2D eigenvalue weighted by Gasteiger charge is 2.12. The van der Waals surface area contributed by atoms with Gasteiger partial charge in [0.1, 0.15) is 0 Å². The Morgan fingerprint density at radius 3 is 1.65 bits per heavy atom. The highest BCUT2D eigenvalue weighted by atomic mass is 16.5. The van der Waals surface area contributed by atoms with Crippen LogP contribution in [0.3, 0.4) is 0 Å². The van der Waals surface area contributed by atoms with Crippen LogP contribution in [0.4, 0.5) is 11.4 Å². The third-order valence-corrected chi connectivity index (χ3v) is 6.17. The van der Waals surface area contributed by atoms with Crippen molar-refractivity contribution in [1.29, 1.82) is 0 Å². The van der Waals surface area contributed by atoms with E-state index < -0.39 is 5.91 Å². The lowest BCUT2D eigenvalue weighted by Gasteiger charge is -2.11. The molecule has 0 radical (unpaired) electrons. The maximum absolute atomic E-state index is 12.9. The van der Waals surface area contributed by atoms with Crippen LogP contribution >= 0.6 is 0 Å². The fourth-order valence-electron chi connectivity index (χ4n) is 3.97. The zero-order valence-electron chi connectivity index (χ0n) is 24.1. The van der Waals surface area contributed by atoms with Crippen molar-refractivity contribution in [2.24, 2.45) is 10.2 Å². The van der Waals surface area contributed by atoms with Gasteiger partial charge in [-0.1, -0.05) is 12.1 Å². The molecule has 2 amide bonds. The number of amides is 2. The van der Waals surface area contributed by atoms with Crippen molar-refractivity contribution in [2.75, 3.05) is 33.8 Å². The summed E-state index contributed by atoms with van der Waals surface area (Å²) in [5, 5.41) is 11.3. The average Bonchev–Trinajstić information content (AvgIpc) is 3.05. The van der Waals surface area contributed by atoms with E-state index in [9.17, 15) is 9.59 Å². The van der Waals surface area contributed by atoms with Gasteiger partial charge in [0.2, 0.25) is 0 Å². The first kappa shape index (κ1) is 30.1. The van der Waals surface area contributed by atoms with E-state index in [4.69, 9.17) is 18.9 Å². The molecule has 220 valence electrons. The Morgan fingerprint density at radius 2 is 1.12 bits per heavy atom. The number of rotatable bonds is 12. The number of carbonyl (C=O) groups excluding carboxylic acids is 2. The molecule has 0 atom stereocenters. The van der Waals surface area contributed by atoms with Crippen LogP contribution in [-0.4, -0.2) is 52.7 Å². The second-order valence-electron chi connectivity index (χ2n) is 8.88.